The summed E-state index contributed by atoms with van der Waals surface area (Å²) in [5.41, 5.74) is 0. The maximum absolute atomic E-state index is 12.8. The van der Waals surface area contributed by atoms with Gasteiger partial charge in [-0.2, -0.15) is 17.5 Å². The largest absolute Gasteiger partial charge is 0.406 e. The first kappa shape index (κ1) is 23.0. The Balaban J connectivity index is 2.09. The second kappa shape index (κ2) is 9.02. The smallest absolute Gasteiger partial charge is 0.330 e. The number of amides is 1. The summed E-state index contributed by atoms with van der Waals surface area (Å²) >= 11 is 11.8. The molecule has 156 valence electrons. The number of halogens is 5. The highest BCUT2D eigenvalue weighted by Crippen LogP contribution is 2.31. The van der Waals surface area contributed by atoms with Gasteiger partial charge in [-0.05, 0) is 31.0 Å². The molecule has 2 rings (SSSR count). The molecule has 0 aliphatic carbocycles. The summed E-state index contributed by atoms with van der Waals surface area (Å²) in [6.07, 6.45) is -3.07. The fourth-order valence-corrected chi connectivity index (χ4v) is 5.23. The number of sulfonamides is 1. The van der Waals surface area contributed by atoms with Crippen LogP contribution in [0.4, 0.5) is 13.2 Å². The molecule has 0 saturated carbocycles. The predicted molar refractivity (Wildman–Crippen MR) is 101 cm³/mol. The topological polar surface area (TPSA) is 57.7 Å². The molecule has 0 bridgehead atoms. The fraction of sp³-hybridized carbons (Fsp3) is 0.471. The van der Waals surface area contributed by atoms with E-state index in [1.54, 1.807) is 0 Å². The van der Waals surface area contributed by atoms with Gasteiger partial charge < -0.3 is 4.90 Å². The highest BCUT2D eigenvalue weighted by atomic mass is 35.5. The molecule has 1 aromatic rings. The number of hydrogen-bond acceptors (Lipinski definition) is 3. The standard InChI is InChI=1S/C17H19Cl2F3N2O3S/c1-2-7-23(11-17(20,21)22)16(25)12-5-8-24(9-6-12)28(26,27)15-10-13(18)3-4-14(15)19/h2-4,10,12H,1,5-9,11H2. The van der Waals surface area contributed by atoms with Gasteiger partial charge in [-0.1, -0.05) is 29.3 Å². The quantitative estimate of drug-likeness (QED) is 0.605. The minimum absolute atomic E-state index is 0.00444. The monoisotopic (exact) mass is 458 g/mol. The molecule has 1 fully saturated rings. The summed E-state index contributed by atoms with van der Waals surface area (Å²) < 4.78 is 64.8. The van der Waals surface area contributed by atoms with Crippen molar-refractivity contribution < 1.29 is 26.4 Å². The molecule has 1 aliphatic heterocycles. The molecular weight excluding hydrogens is 440 g/mol. The minimum Gasteiger partial charge on any atom is -0.330 e. The Morgan fingerprint density at radius 3 is 2.43 bits per heavy atom. The number of benzene rings is 1. The molecule has 0 atom stereocenters. The number of carbonyl (C=O) groups excluding carboxylic acids is 1. The molecule has 0 N–H and O–H groups in total. The predicted octanol–water partition coefficient (Wildman–Crippen LogP) is 3.97. The summed E-state index contributed by atoms with van der Waals surface area (Å²) in [4.78, 5) is 13.0. The van der Waals surface area contributed by atoms with E-state index in [0.29, 0.717) is 4.90 Å². The van der Waals surface area contributed by atoms with Crippen molar-refractivity contribution in [1.29, 1.82) is 0 Å². The van der Waals surface area contributed by atoms with Gasteiger partial charge in [0.15, 0.2) is 0 Å². The van der Waals surface area contributed by atoms with E-state index in [1.807, 2.05) is 0 Å². The second-order valence-electron chi connectivity index (χ2n) is 6.38. The summed E-state index contributed by atoms with van der Waals surface area (Å²) in [6, 6.07) is 4.08. The van der Waals surface area contributed by atoms with Crippen LogP contribution in [0.1, 0.15) is 12.8 Å². The Morgan fingerprint density at radius 1 is 1.29 bits per heavy atom. The Morgan fingerprint density at radius 2 is 1.89 bits per heavy atom. The summed E-state index contributed by atoms with van der Waals surface area (Å²) in [5, 5.41) is 0.227. The van der Waals surface area contributed by atoms with Crippen molar-refractivity contribution >= 4 is 39.1 Å². The highest BCUT2D eigenvalue weighted by molar-refractivity contribution is 7.89. The zero-order chi connectivity index (χ0) is 21.1. The van der Waals surface area contributed by atoms with Crippen LogP contribution in [-0.2, 0) is 14.8 Å². The number of carbonyl (C=O) groups is 1. The van der Waals surface area contributed by atoms with Crippen molar-refractivity contribution in [2.45, 2.75) is 23.9 Å². The molecule has 11 heteroatoms. The maximum atomic E-state index is 12.8. The molecule has 1 saturated heterocycles. The van der Waals surface area contributed by atoms with Gasteiger partial charge in [-0.3, -0.25) is 4.79 Å². The first-order valence-electron chi connectivity index (χ1n) is 8.37. The molecule has 5 nitrogen and oxygen atoms in total. The Hall–Kier alpha value is -1.29. The third-order valence-corrected chi connectivity index (χ3v) is 6.96. The molecule has 1 heterocycles. The van der Waals surface area contributed by atoms with Gasteiger partial charge in [0.25, 0.3) is 0 Å². The molecule has 1 aromatic carbocycles. The minimum atomic E-state index is -4.52. The van der Waals surface area contributed by atoms with Crippen LogP contribution >= 0.6 is 23.2 Å². The lowest BCUT2D eigenvalue weighted by molar-refractivity contribution is -0.163. The first-order valence-corrected chi connectivity index (χ1v) is 10.6. The zero-order valence-electron chi connectivity index (χ0n) is 14.8. The molecule has 0 aromatic heterocycles. The van der Waals surface area contributed by atoms with Gasteiger partial charge in [0.05, 0.1) is 5.02 Å². The van der Waals surface area contributed by atoms with Gasteiger partial charge in [-0.15, -0.1) is 6.58 Å². The van der Waals surface area contributed by atoms with Gasteiger partial charge >= 0.3 is 6.18 Å². The average molecular weight is 459 g/mol. The lowest BCUT2D eigenvalue weighted by atomic mass is 9.96. The average Bonchev–Trinajstić information content (AvgIpc) is 2.61. The maximum Gasteiger partial charge on any atom is 0.406 e. The van der Waals surface area contributed by atoms with Crippen LogP contribution in [0.5, 0.6) is 0 Å². The van der Waals surface area contributed by atoms with Gasteiger partial charge in [0.1, 0.15) is 11.4 Å². The van der Waals surface area contributed by atoms with Crippen LogP contribution in [0.25, 0.3) is 0 Å². The van der Waals surface area contributed by atoms with E-state index < -0.39 is 34.6 Å². The zero-order valence-corrected chi connectivity index (χ0v) is 17.1. The molecular formula is C17H19Cl2F3N2O3S. The van der Waals surface area contributed by atoms with E-state index in [0.717, 1.165) is 4.31 Å². The van der Waals surface area contributed by atoms with Crippen molar-refractivity contribution in [3.8, 4) is 0 Å². The van der Waals surface area contributed by atoms with Gasteiger partial charge in [0.2, 0.25) is 15.9 Å². The van der Waals surface area contributed by atoms with Crippen molar-refractivity contribution in [2.24, 2.45) is 5.92 Å². The van der Waals surface area contributed by atoms with Crippen molar-refractivity contribution in [2.75, 3.05) is 26.2 Å². The Bertz CT molecular complexity index is 839. The number of rotatable bonds is 6. The number of piperidine rings is 1. The van der Waals surface area contributed by atoms with E-state index in [9.17, 15) is 26.4 Å². The normalized spacial score (nSPS) is 16.8. The van der Waals surface area contributed by atoms with E-state index in [1.165, 1.54) is 24.3 Å². The van der Waals surface area contributed by atoms with Crippen LogP contribution in [-0.4, -0.2) is 55.9 Å². The van der Waals surface area contributed by atoms with Crippen LogP contribution < -0.4 is 0 Å². The van der Waals surface area contributed by atoms with E-state index >= 15 is 0 Å². The lowest BCUT2D eigenvalue weighted by Gasteiger charge is -2.33. The number of nitrogens with zero attached hydrogens (tertiary/aromatic N) is 2. The first-order chi connectivity index (χ1) is 13.0. The van der Waals surface area contributed by atoms with Crippen LogP contribution in [0.3, 0.4) is 0 Å². The van der Waals surface area contributed by atoms with Gasteiger partial charge in [0, 0.05) is 30.6 Å². The van der Waals surface area contributed by atoms with E-state index in [4.69, 9.17) is 23.2 Å². The third-order valence-electron chi connectivity index (χ3n) is 4.35. The summed E-state index contributed by atoms with van der Waals surface area (Å²) in [7, 11) is -3.93. The van der Waals surface area contributed by atoms with E-state index in [-0.39, 0.29) is 47.4 Å². The molecule has 0 unspecified atom stereocenters. The number of alkyl halides is 3. The van der Waals surface area contributed by atoms with Crippen molar-refractivity contribution in [1.82, 2.24) is 9.21 Å². The summed E-state index contributed by atoms with van der Waals surface area (Å²) in [5.74, 6) is -1.35. The highest BCUT2D eigenvalue weighted by Gasteiger charge is 2.38. The second-order valence-corrected chi connectivity index (χ2v) is 9.13. The number of hydrogen-bond donors (Lipinski definition) is 0. The van der Waals surface area contributed by atoms with Crippen LogP contribution in [0.2, 0.25) is 10.0 Å². The van der Waals surface area contributed by atoms with Crippen molar-refractivity contribution in [3.05, 3.63) is 40.9 Å². The van der Waals surface area contributed by atoms with E-state index in [2.05, 4.69) is 6.58 Å². The van der Waals surface area contributed by atoms with Crippen LogP contribution in [0.15, 0.2) is 35.7 Å². The molecule has 0 spiro atoms. The van der Waals surface area contributed by atoms with Crippen LogP contribution in [0, 0.1) is 5.92 Å². The van der Waals surface area contributed by atoms with Gasteiger partial charge in [-0.25, -0.2) is 8.42 Å². The Kier molecular flexibility index (Phi) is 7.41. The molecule has 1 aliphatic rings. The SMILES string of the molecule is C=CCN(CC(F)(F)F)C(=O)C1CCN(S(=O)(=O)c2cc(Cl)ccc2Cl)CC1. The molecule has 1 amide bonds. The Labute approximate surface area is 171 Å². The fourth-order valence-electron chi connectivity index (χ4n) is 3.02. The van der Waals surface area contributed by atoms with Crippen molar-refractivity contribution in [3.63, 3.8) is 0 Å². The summed E-state index contributed by atoms with van der Waals surface area (Å²) in [6.45, 7) is 1.78. The molecule has 28 heavy (non-hydrogen) atoms. The lowest BCUT2D eigenvalue weighted by Crippen LogP contribution is -2.46. The molecule has 0 radical (unpaired) electrons. The third kappa shape index (κ3) is 5.62.